The van der Waals surface area contributed by atoms with Crippen molar-refractivity contribution in [3.63, 3.8) is 0 Å². The predicted octanol–water partition coefficient (Wildman–Crippen LogP) is -0.856. The zero-order valence-electron chi connectivity index (χ0n) is 8.52. The zero-order chi connectivity index (χ0) is 12.1. The molecule has 0 aliphatic carbocycles. The SMILES string of the molecule is COC(=O)C(C)S(=O)(=O)NCCC(N)=S. The molecule has 0 spiro atoms. The molecule has 0 heterocycles. The van der Waals surface area contributed by atoms with Gasteiger partial charge < -0.3 is 10.5 Å². The van der Waals surface area contributed by atoms with Gasteiger partial charge in [0.15, 0.2) is 5.25 Å². The standard InChI is InChI=1S/C7H14N2O4S2/c1-5(7(10)13-2)15(11,12)9-4-3-6(8)14/h5,9H,3-4H2,1-2H3,(H2,8,14). The average molecular weight is 254 g/mol. The first-order valence-electron chi connectivity index (χ1n) is 4.16. The van der Waals surface area contributed by atoms with Crippen molar-refractivity contribution in [3.8, 4) is 0 Å². The molecule has 0 saturated heterocycles. The van der Waals surface area contributed by atoms with Crippen LogP contribution >= 0.6 is 12.2 Å². The fraction of sp³-hybridized carbons (Fsp3) is 0.714. The minimum atomic E-state index is -3.71. The second kappa shape index (κ2) is 5.99. The Morgan fingerprint density at radius 2 is 2.13 bits per heavy atom. The van der Waals surface area contributed by atoms with Gasteiger partial charge in [-0.3, -0.25) is 4.79 Å². The van der Waals surface area contributed by atoms with E-state index in [0.29, 0.717) is 0 Å². The Kier molecular flexibility index (Phi) is 5.69. The lowest BCUT2D eigenvalue weighted by molar-refractivity contribution is -0.139. The third kappa shape index (κ3) is 5.05. The van der Waals surface area contributed by atoms with Crippen LogP contribution in [0.25, 0.3) is 0 Å². The van der Waals surface area contributed by atoms with Crippen molar-refractivity contribution in [2.24, 2.45) is 5.73 Å². The quantitative estimate of drug-likeness (QED) is 0.473. The Morgan fingerprint density at radius 1 is 1.60 bits per heavy atom. The summed E-state index contributed by atoms with van der Waals surface area (Å²) in [5.41, 5.74) is 5.19. The molecule has 0 aliphatic rings. The third-order valence-corrected chi connectivity index (χ3v) is 3.61. The lowest BCUT2D eigenvalue weighted by Gasteiger charge is -2.11. The number of nitrogens with one attached hydrogen (secondary N) is 1. The van der Waals surface area contributed by atoms with Crippen molar-refractivity contribution in [2.75, 3.05) is 13.7 Å². The van der Waals surface area contributed by atoms with E-state index >= 15 is 0 Å². The Morgan fingerprint density at radius 3 is 2.53 bits per heavy atom. The number of hydrogen-bond donors (Lipinski definition) is 2. The molecule has 0 aromatic carbocycles. The summed E-state index contributed by atoms with van der Waals surface area (Å²) in [5.74, 6) is -0.808. The molecule has 0 saturated carbocycles. The smallest absolute Gasteiger partial charge is 0.325 e. The topological polar surface area (TPSA) is 98.5 Å². The van der Waals surface area contributed by atoms with Crippen LogP contribution in [0, 0.1) is 0 Å². The number of carbonyl (C=O) groups excluding carboxylic acids is 1. The lowest BCUT2D eigenvalue weighted by Crippen LogP contribution is -2.39. The fourth-order valence-electron chi connectivity index (χ4n) is 0.734. The van der Waals surface area contributed by atoms with Gasteiger partial charge in [0.1, 0.15) is 0 Å². The third-order valence-electron chi connectivity index (χ3n) is 1.67. The van der Waals surface area contributed by atoms with Gasteiger partial charge in [0.05, 0.1) is 12.1 Å². The van der Waals surface area contributed by atoms with Crippen LogP contribution in [0.1, 0.15) is 13.3 Å². The molecule has 0 bridgehead atoms. The molecule has 0 aromatic heterocycles. The maximum atomic E-state index is 11.4. The first-order valence-corrected chi connectivity index (χ1v) is 6.11. The molecule has 8 heteroatoms. The van der Waals surface area contributed by atoms with Gasteiger partial charge in [0.2, 0.25) is 10.0 Å². The zero-order valence-corrected chi connectivity index (χ0v) is 10.2. The Hall–Kier alpha value is -0.730. The molecular weight excluding hydrogens is 240 g/mol. The van der Waals surface area contributed by atoms with Crippen LogP contribution in [0.4, 0.5) is 0 Å². The van der Waals surface area contributed by atoms with Crippen molar-refractivity contribution in [3.05, 3.63) is 0 Å². The van der Waals surface area contributed by atoms with E-state index in [0.717, 1.165) is 7.11 Å². The second-order valence-electron chi connectivity index (χ2n) is 2.82. The second-order valence-corrected chi connectivity index (χ2v) is 5.43. The van der Waals surface area contributed by atoms with Gasteiger partial charge in [0, 0.05) is 13.0 Å². The normalized spacial score (nSPS) is 13.2. The van der Waals surface area contributed by atoms with E-state index in [9.17, 15) is 13.2 Å². The minimum absolute atomic E-state index is 0.0823. The number of nitrogens with two attached hydrogens (primary N) is 1. The monoisotopic (exact) mass is 254 g/mol. The van der Waals surface area contributed by atoms with Crippen molar-refractivity contribution >= 4 is 33.2 Å². The van der Waals surface area contributed by atoms with Crippen LogP contribution in [-0.4, -0.2) is 38.3 Å². The maximum absolute atomic E-state index is 11.4. The van der Waals surface area contributed by atoms with Gasteiger partial charge in [-0.25, -0.2) is 13.1 Å². The van der Waals surface area contributed by atoms with Gasteiger partial charge in [-0.05, 0) is 6.92 Å². The number of esters is 1. The van der Waals surface area contributed by atoms with E-state index in [4.69, 9.17) is 5.73 Å². The first kappa shape index (κ1) is 14.3. The summed E-state index contributed by atoms with van der Waals surface area (Å²) in [6.45, 7) is 1.33. The molecule has 0 rings (SSSR count). The molecule has 3 N–H and O–H groups in total. The Balaban J connectivity index is 4.30. The maximum Gasteiger partial charge on any atom is 0.325 e. The van der Waals surface area contributed by atoms with Crippen LogP contribution in [0.5, 0.6) is 0 Å². The number of hydrogen-bond acceptors (Lipinski definition) is 5. The number of thiocarbonyl (C=S) groups is 1. The van der Waals surface area contributed by atoms with Crippen molar-refractivity contribution < 1.29 is 17.9 Å². The average Bonchev–Trinajstić information content (AvgIpc) is 2.14. The molecule has 6 nitrogen and oxygen atoms in total. The summed E-state index contributed by atoms with van der Waals surface area (Å²) in [5, 5.41) is -1.24. The minimum Gasteiger partial charge on any atom is -0.468 e. The fourth-order valence-corrected chi connectivity index (χ4v) is 1.82. The molecule has 0 amide bonds. The molecular formula is C7H14N2O4S2. The van der Waals surface area contributed by atoms with Gasteiger partial charge in [-0.1, -0.05) is 12.2 Å². The van der Waals surface area contributed by atoms with Gasteiger partial charge >= 0.3 is 5.97 Å². The number of carbonyl (C=O) groups is 1. The summed E-state index contributed by atoms with van der Waals surface area (Å²) >= 11 is 4.58. The van der Waals surface area contributed by atoms with Crippen LogP contribution in [-0.2, 0) is 19.6 Å². The largest absolute Gasteiger partial charge is 0.468 e. The highest BCUT2D eigenvalue weighted by Gasteiger charge is 2.28. The number of sulfonamides is 1. The molecule has 15 heavy (non-hydrogen) atoms. The van der Waals surface area contributed by atoms with Gasteiger partial charge in [-0.2, -0.15) is 0 Å². The van der Waals surface area contributed by atoms with E-state index in [1.807, 2.05) is 0 Å². The molecule has 1 unspecified atom stereocenters. The van der Waals surface area contributed by atoms with E-state index in [-0.39, 0.29) is 18.0 Å². The Bertz CT molecular complexity index is 339. The highest BCUT2D eigenvalue weighted by atomic mass is 32.2. The van der Waals surface area contributed by atoms with Crippen LogP contribution in [0.2, 0.25) is 0 Å². The van der Waals surface area contributed by atoms with E-state index in [1.54, 1.807) is 0 Å². The molecule has 88 valence electrons. The number of methoxy groups -OCH3 is 1. The van der Waals surface area contributed by atoms with Crippen LogP contribution in [0.3, 0.4) is 0 Å². The Labute approximate surface area is 94.2 Å². The van der Waals surface area contributed by atoms with Crippen LogP contribution < -0.4 is 10.5 Å². The predicted molar refractivity (Wildman–Crippen MR) is 59.8 cm³/mol. The summed E-state index contributed by atoms with van der Waals surface area (Å²) in [6, 6.07) is 0. The van der Waals surface area contributed by atoms with E-state index < -0.39 is 21.2 Å². The molecule has 0 radical (unpaired) electrons. The summed E-state index contributed by atoms with van der Waals surface area (Å²) in [7, 11) is -2.58. The first-order chi connectivity index (χ1) is 6.81. The molecule has 1 atom stereocenters. The van der Waals surface area contributed by atoms with Crippen molar-refractivity contribution in [1.29, 1.82) is 0 Å². The summed E-state index contributed by atoms with van der Waals surface area (Å²) < 4.78 is 29.4. The van der Waals surface area contributed by atoms with E-state index in [1.165, 1.54) is 6.92 Å². The van der Waals surface area contributed by atoms with Crippen molar-refractivity contribution in [2.45, 2.75) is 18.6 Å². The highest BCUT2D eigenvalue weighted by Crippen LogP contribution is 2.00. The van der Waals surface area contributed by atoms with Gasteiger partial charge in [-0.15, -0.1) is 0 Å². The summed E-state index contributed by atoms with van der Waals surface area (Å²) in [6.07, 6.45) is 0.252. The van der Waals surface area contributed by atoms with E-state index in [2.05, 4.69) is 21.7 Å². The molecule has 0 aliphatic heterocycles. The number of ether oxygens (including phenoxy) is 1. The number of rotatable bonds is 6. The summed E-state index contributed by atoms with van der Waals surface area (Å²) in [4.78, 5) is 11.2. The van der Waals surface area contributed by atoms with Crippen molar-refractivity contribution in [1.82, 2.24) is 4.72 Å². The molecule has 0 aromatic rings. The van der Waals surface area contributed by atoms with Crippen LogP contribution in [0.15, 0.2) is 0 Å². The molecule has 0 fully saturated rings. The highest BCUT2D eigenvalue weighted by molar-refractivity contribution is 7.90. The lowest BCUT2D eigenvalue weighted by atomic mass is 10.4. The van der Waals surface area contributed by atoms with Gasteiger partial charge in [0.25, 0.3) is 0 Å².